The molecule has 1 saturated heterocycles. The van der Waals surface area contributed by atoms with Crippen LogP contribution < -0.4 is 0 Å². The fraction of sp³-hybridized carbons (Fsp3) is 0.611. The maximum Gasteiger partial charge on any atom is 0.179 e. The molecule has 3 heteroatoms. The van der Waals surface area contributed by atoms with E-state index in [9.17, 15) is 4.79 Å². The predicted molar refractivity (Wildman–Crippen MR) is 85.9 cm³/mol. The Morgan fingerprint density at radius 2 is 2.19 bits per heavy atom. The minimum atomic E-state index is -0.0752. The summed E-state index contributed by atoms with van der Waals surface area (Å²) in [6, 6.07) is 6.03. The Bertz CT molecular complexity index is 496. The number of aryl methyl sites for hydroxylation is 2. The number of likely N-dealkylation sites (tertiary alicyclic amines) is 1. The molecule has 0 spiro atoms. The van der Waals surface area contributed by atoms with Crippen LogP contribution in [0.15, 0.2) is 18.2 Å². The molecule has 0 saturated carbocycles. The molecule has 1 heterocycles. The number of nitrogens with zero attached hydrogens (tertiary/aromatic N) is 1. The van der Waals surface area contributed by atoms with Crippen LogP contribution >= 0.6 is 0 Å². The van der Waals surface area contributed by atoms with Crippen LogP contribution in [0.3, 0.4) is 0 Å². The van der Waals surface area contributed by atoms with Crippen molar-refractivity contribution in [1.82, 2.24) is 4.90 Å². The molecule has 1 aliphatic heterocycles. The highest BCUT2D eigenvalue weighted by atomic mass is 16.5. The third kappa shape index (κ3) is 3.92. The number of benzene rings is 1. The first kappa shape index (κ1) is 16.2. The molecule has 0 bridgehead atoms. The molecule has 21 heavy (non-hydrogen) atoms. The fourth-order valence-electron chi connectivity index (χ4n) is 3.08. The summed E-state index contributed by atoms with van der Waals surface area (Å²) >= 11 is 0. The van der Waals surface area contributed by atoms with Gasteiger partial charge in [-0.25, -0.2) is 0 Å². The van der Waals surface area contributed by atoms with Crippen molar-refractivity contribution in [2.45, 2.75) is 52.7 Å². The van der Waals surface area contributed by atoms with Crippen LogP contribution in [0.4, 0.5) is 0 Å². The standard InChI is InChI=1S/C18H27NO2/c1-5-21-16-7-6-10-19(12-16)15(4)18(20)17-11-13(2)8-9-14(17)3/h8-9,11,15-16H,5-7,10,12H2,1-4H3. The summed E-state index contributed by atoms with van der Waals surface area (Å²) in [5, 5.41) is 0. The molecule has 0 aromatic heterocycles. The Kier molecular flexibility index (Phi) is 5.54. The summed E-state index contributed by atoms with van der Waals surface area (Å²) < 4.78 is 5.74. The van der Waals surface area contributed by atoms with Crippen molar-refractivity contribution >= 4 is 5.78 Å². The molecular formula is C18H27NO2. The van der Waals surface area contributed by atoms with E-state index in [4.69, 9.17) is 4.74 Å². The van der Waals surface area contributed by atoms with Gasteiger partial charge in [-0.1, -0.05) is 17.7 Å². The van der Waals surface area contributed by atoms with Gasteiger partial charge in [0.05, 0.1) is 12.1 Å². The third-order valence-electron chi connectivity index (χ3n) is 4.40. The van der Waals surface area contributed by atoms with Gasteiger partial charge in [-0.2, -0.15) is 0 Å². The first-order valence-electron chi connectivity index (χ1n) is 8.00. The highest BCUT2D eigenvalue weighted by Gasteiger charge is 2.28. The number of carbonyl (C=O) groups is 1. The minimum absolute atomic E-state index is 0.0752. The Labute approximate surface area is 128 Å². The normalized spacial score (nSPS) is 21.2. The maximum atomic E-state index is 12.8. The smallest absolute Gasteiger partial charge is 0.179 e. The van der Waals surface area contributed by atoms with Crippen LogP contribution in [0.1, 0.15) is 48.2 Å². The zero-order valence-electron chi connectivity index (χ0n) is 13.7. The number of hydrogen-bond donors (Lipinski definition) is 0. The second-order valence-electron chi connectivity index (χ2n) is 6.07. The SMILES string of the molecule is CCOC1CCCN(C(C)C(=O)c2cc(C)ccc2C)C1. The zero-order chi connectivity index (χ0) is 15.4. The molecule has 1 aromatic carbocycles. The van der Waals surface area contributed by atoms with Gasteiger partial charge in [0.15, 0.2) is 5.78 Å². The molecule has 3 nitrogen and oxygen atoms in total. The van der Waals surface area contributed by atoms with Crippen LogP contribution in [0.25, 0.3) is 0 Å². The summed E-state index contributed by atoms with van der Waals surface area (Å²) in [7, 11) is 0. The molecule has 1 fully saturated rings. The maximum absolute atomic E-state index is 12.8. The molecule has 1 aliphatic rings. The van der Waals surface area contributed by atoms with Crippen LogP contribution in [0.5, 0.6) is 0 Å². The minimum Gasteiger partial charge on any atom is -0.377 e. The van der Waals surface area contributed by atoms with Crippen LogP contribution in [0, 0.1) is 13.8 Å². The first-order valence-corrected chi connectivity index (χ1v) is 8.00. The number of hydrogen-bond acceptors (Lipinski definition) is 3. The number of ether oxygens (including phenoxy) is 1. The zero-order valence-corrected chi connectivity index (χ0v) is 13.7. The van der Waals surface area contributed by atoms with Crippen LogP contribution in [-0.2, 0) is 4.74 Å². The van der Waals surface area contributed by atoms with Gasteiger partial charge in [0.25, 0.3) is 0 Å². The van der Waals surface area contributed by atoms with Gasteiger partial charge in [0, 0.05) is 18.7 Å². The molecular weight excluding hydrogens is 262 g/mol. The molecule has 0 radical (unpaired) electrons. The number of carbonyl (C=O) groups excluding carboxylic acids is 1. The second-order valence-corrected chi connectivity index (χ2v) is 6.07. The van der Waals surface area contributed by atoms with E-state index in [1.165, 1.54) is 0 Å². The topological polar surface area (TPSA) is 29.5 Å². The van der Waals surface area contributed by atoms with Gasteiger partial charge in [0.1, 0.15) is 0 Å². The Morgan fingerprint density at radius 1 is 1.43 bits per heavy atom. The van der Waals surface area contributed by atoms with Gasteiger partial charge < -0.3 is 4.74 Å². The average Bonchev–Trinajstić information content (AvgIpc) is 2.49. The summed E-state index contributed by atoms with van der Waals surface area (Å²) in [4.78, 5) is 15.1. The highest BCUT2D eigenvalue weighted by Crippen LogP contribution is 2.20. The summed E-state index contributed by atoms with van der Waals surface area (Å²) in [5.74, 6) is 0.230. The van der Waals surface area contributed by atoms with Crippen LogP contribution in [0.2, 0.25) is 0 Å². The van der Waals surface area contributed by atoms with Crippen molar-refractivity contribution in [1.29, 1.82) is 0 Å². The molecule has 2 atom stereocenters. The molecule has 0 amide bonds. The lowest BCUT2D eigenvalue weighted by Crippen LogP contribution is -2.47. The first-order chi connectivity index (χ1) is 10.0. The highest BCUT2D eigenvalue weighted by molar-refractivity contribution is 6.01. The molecule has 2 unspecified atom stereocenters. The molecule has 116 valence electrons. The predicted octanol–water partition coefficient (Wildman–Crippen LogP) is 3.38. The van der Waals surface area contributed by atoms with E-state index in [1.54, 1.807) is 0 Å². The largest absolute Gasteiger partial charge is 0.377 e. The van der Waals surface area contributed by atoms with E-state index in [1.807, 2.05) is 39.8 Å². The van der Waals surface area contributed by atoms with Crippen molar-refractivity contribution in [3.05, 3.63) is 34.9 Å². The van der Waals surface area contributed by atoms with E-state index in [0.717, 1.165) is 49.2 Å². The molecule has 0 aliphatic carbocycles. The van der Waals surface area contributed by atoms with E-state index in [0.29, 0.717) is 0 Å². The van der Waals surface area contributed by atoms with Gasteiger partial charge in [-0.15, -0.1) is 0 Å². The van der Waals surface area contributed by atoms with Crippen molar-refractivity contribution in [2.75, 3.05) is 19.7 Å². The number of rotatable bonds is 5. The van der Waals surface area contributed by atoms with E-state index >= 15 is 0 Å². The number of Topliss-reactive ketones (excluding diaryl/α,β-unsaturated/α-hetero) is 1. The van der Waals surface area contributed by atoms with Crippen LogP contribution in [-0.4, -0.2) is 42.5 Å². The summed E-state index contributed by atoms with van der Waals surface area (Å²) in [5.41, 5.74) is 3.07. The summed E-state index contributed by atoms with van der Waals surface area (Å²) in [6.45, 7) is 10.7. The lowest BCUT2D eigenvalue weighted by Gasteiger charge is -2.36. The number of piperidine rings is 1. The molecule has 0 N–H and O–H groups in total. The van der Waals surface area contributed by atoms with Gasteiger partial charge in [-0.3, -0.25) is 9.69 Å². The molecule has 2 rings (SSSR count). The average molecular weight is 289 g/mol. The van der Waals surface area contributed by atoms with Gasteiger partial charge in [0.2, 0.25) is 0 Å². The Morgan fingerprint density at radius 3 is 2.90 bits per heavy atom. The van der Waals surface area contributed by atoms with E-state index < -0.39 is 0 Å². The fourth-order valence-corrected chi connectivity index (χ4v) is 3.08. The van der Waals surface area contributed by atoms with Crippen molar-refractivity contribution in [3.63, 3.8) is 0 Å². The Hall–Kier alpha value is -1.19. The van der Waals surface area contributed by atoms with Gasteiger partial charge in [-0.05, 0) is 58.7 Å². The summed E-state index contributed by atoms with van der Waals surface area (Å²) in [6.07, 6.45) is 2.49. The molecule has 1 aromatic rings. The monoisotopic (exact) mass is 289 g/mol. The third-order valence-corrected chi connectivity index (χ3v) is 4.40. The quantitative estimate of drug-likeness (QED) is 0.778. The van der Waals surface area contributed by atoms with Crippen molar-refractivity contribution in [3.8, 4) is 0 Å². The Balaban J connectivity index is 2.09. The number of ketones is 1. The van der Waals surface area contributed by atoms with Gasteiger partial charge >= 0.3 is 0 Å². The van der Waals surface area contributed by atoms with Crippen molar-refractivity contribution < 1.29 is 9.53 Å². The van der Waals surface area contributed by atoms with E-state index in [-0.39, 0.29) is 17.9 Å². The second kappa shape index (κ2) is 7.19. The lowest BCUT2D eigenvalue weighted by molar-refractivity contribution is -0.00291. The lowest BCUT2D eigenvalue weighted by atomic mass is 9.96. The van der Waals surface area contributed by atoms with Crippen molar-refractivity contribution in [2.24, 2.45) is 0 Å². The van der Waals surface area contributed by atoms with E-state index in [2.05, 4.69) is 11.0 Å².